The van der Waals surface area contributed by atoms with Crippen LogP contribution in [0.4, 0.5) is 0 Å². The summed E-state index contributed by atoms with van der Waals surface area (Å²) >= 11 is 0. The summed E-state index contributed by atoms with van der Waals surface area (Å²) in [5.41, 5.74) is 2.27. The molecule has 0 saturated heterocycles. The van der Waals surface area contributed by atoms with Crippen molar-refractivity contribution in [3.8, 4) is 0 Å². The summed E-state index contributed by atoms with van der Waals surface area (Å²) in [4.78, 5) is 16.2. The third-order valence-electron chi connectivity index (χ3n) is 2.08. The summed E-state index contributed by atoms with van der Waals surface area (Å²) in [5, 5.41) is 3.69. The molecule has 0 aromatic heterocycles. The van der Waals surface area contributed by atoms with E-state index < -0.39 is 0 Å². The zero-order valence-electron chi connectivity index (χ0n) is 7.28. The van der Waals surface area contributed by atoms with Crippen molar-refractivity contribution in [2.45, 2.75) is 6.42 Å². The van der Waals surface area contributed by atoms with Crippen LogP contribution in [0.25, 0.3) is 0 Å². The number of carbonyl (C=O) groups is 1. The molecule has 0 N–H and O–H groups in total. The molecule has 0 saturated carbocycles. The minimum absolute atomic E-state index is 0.0162. The van der Waals surface area contributed by atoms with Gasteiger partial charge < -0.3 is 4.84 Å². The maximum absolute atomic E-state index is 11.6. The molecule has 0 unspecified atom stereocenters. The maximum atomic E-state index is 11.6. The normalized spacial score (nSPS) is 17.6. The second-order valence-corrected chi connectivity index (χ2v) is 2.88. The molecule has 3 nitrogen and oxygen atoms in total. The highest BCUT2D eigenvalue weighted by Gasteiger charge is 2.26. The average molecular weight is 175 g/mol. The van der Waals surface area contributed by atoms with Gasteiger partial charge in [0.05, 0.1) is 0 Å². The fraction of sp³-hybridized carbons (Fsp3) is 0.200. The molecule has 0 bridgehead atoms. The molecule has 13 heavy (non-hydrogen) atoms. The maximum Gasteiger partial charge on any atom is 0.211 e. The third-order valence-corrected chi connectivity index (χ3v) is 2.08. The average Bonchev–Trinajstić information content (AvgIpc) is 2.46. The lowest BCUT2D eigenvalue weighted by molar-refractivity contribution is 0.106. The van der Waals surface area contributed by atoms with E-state index >= 15 is 0 Å². The van der Waals surface area contributed by atoms with Crippen molar-refractivity contribution < 1.29 is 9.63 Å². The number of fused-ring (bicyclic) bond motifs is 1. The number of oxime groups is 1. The molecule has 0 atom stereocenters. The smallest absolute Gasteiger partial charge is 0.211 e. The summed E-state index contributed by atoms with van der Waals surface area (Å²) in [6, 6.07) is 7.52. The van der Waals surface area contributed by atoms with Crippen molar-refractivity contribution in [2.75, 3.05) is 7.11 Å². The predicted octanol–water partition coefficient (Wildman–Crippen LogP) is 1.43. The number of hydrogen-bond acceptors (Lipinski definition) is 3. The molecule has 1 aromatic carbocycles. The molecule has 3 heteroatoms. The largest absolute Gasteiger partial charge is 0.399 e. The summed E-state index contributed by atoms with van der Waals surface area (Å²) in [7, 11) is 1.45. The molecule has 2 rings (SSSR count). The van der Waals surface area contributed by atoms with Gasteiger partial charge >= 0.3 is 0 Å². The van der Waals surface area contributed by atoms with Crippen LogP contribution >= 0.6 is 0 Å². The lowest BCUT2D eigenvalue weighted by Gasteiger charge is -1.91. The summed E-state index contributed by atoms with van der Waals surface area (Å²) in [5.74, 6) is -0.0162. The zero-order chi connectivity index (χ0) is 9.26. The van der Waals surface area contributed by atoms with E-state index in [1.54, 1.807) is 0 Å². The molecule has 0 radical (unpaired) electrons. The Balaban J connectivity index is 2.44. The monoisotopic (exact) mass is 175 g/mol. The Morgan fingerprint density at radius 2 is 2.15 bits per heavy atom. The molecule has 0 aliphatic heterocycles. The Labute approximate surface area is 76.0 Å². The first kappa shape index (κ1) is 7.98. The van der Waals surface area contributed by atoms with Gasteiger partial charge in [-0.1, -0.05) is 29.4 Å². The highest BCUT2D eigenvalue weighted by Crippen LogP contribution is 2.19. The highest BCUT2D eigenvalue weighted by molar-refractivity contribution is 6.49. The Hall–Kier alpha value is -1.64. The van der Waals surface area contributed by atoms with Gasteiger partial charge in [0.2, 0.25) is 5.78 Å². The van der Waals surface area contributed by atoms with Gasteiger partial charge in [-0.2, -0.15) is 0 Å². The van der Waals surface area contributed by atoms with Crippen LogP contribution in [0.15, 0.2) is 29.4 Å². The van der Waals surface area contributed by atoms with Crippen molar-refractivity contribution >= 4 is 11.5 Å². The fourth-order valence-electron chi connectivity index (χ4n) is 1.50. The number of hydrogen-bond donors (Lipinski definition) is 0. The highest BCUT2D eigenvalue weighted by atomic mass is 16.6. The van der Waals surface area contributed by atoms with E-state index in [0.29, 0.717) is 12.1 Å². The Bertz CT molecular complexity index is 382. The number of rotatable bonds is 1. The predicted molar refractivity (Wildman–Crippen MR) is 48.9 cm³/mol. The quantitative estimate of drug-likeness (QED) is 0.605. The first-order valence-electron chi connectivity index (χ1n) is 4.05. The Morgan fingerprint density at radius 1 is 1.38 bits per heavy atom. The van der Waals surface area contributed by atoms with Crippen molar-refractivity contribution in [1.29, 1.82) is 0 Å². The van der Waals surface area contributed by atoms with Gasteiger partial charge in [0.25, 0.3) is 0 Å². The fourth-order valence-corrected chi connectivity index (χ4v) is 1.50. The minimum Gasteiger partial charge on any atom is -0.399 e. The first-order valence-corrected chi connectivity index (χ1v) is 4.05. The number of nitrogens with zero attached hydrogens (tertiary/aromatic N) is 1. The van der Waals surface area contributed by atoms with Crippen LogP contribution in [0.1, 0.15) is 15.9 Å². The molecule has 0 amide bonds. The van der Waals surface area contributed by atoms with Crippen LogP contribution in [0, 0.1) is 0 Å². The second-order valence-electron chi connectivity index (χ2n) is 2.88. The van der Waals surface area contributed by atoms with E-state index in [4.69, 9.17) is 0 Å². The van der Waals surface area contributed by atoms with Gasteiger partial charge in [-0.15, -0.1) is 0 Å². The molecular weight excluding hydrogens is 166 g/mol. The SMILES string of the molecule is CO/N=C1/Cc2ccccc2C1=O. The number of Topliss-reactive ketones (excluding diaryl/α,β-unsaturated/α-hetero) is 1. The van der Waals surface area contributed by atoms with Crippen molar-refractivity contribution in [2.24, 2.45) is 5.16 Å². The van der Waals surface area contributed by atoms with Gasteiger partial charge in [0, 0.05) is 12.0 Å². The summed E-state index contributed by atoms with van der Waals surface area (Å²) < 4.78 is 0. The molecule has 1 aliphatic rings. The Kier molecular flexibility index (Phi) is 1.85. The summed E-state index contributed by atoms with van der Waals surface area (Å²) in [6.07, 6.45) is 0.586. The number of ketones is 1. The van der Waals surface area contributed by atoms with Gasteiger partial charge in [0.1, 0.15) is 12.8 Å². The second kappa shape index (κ2) is 3.01. The van der Waals surface area contributed by atoms with Gasteiger partial charge in [-0.3, -0.25) is 4.79 Å². The molecular formula is C10H9NO2. The van der Waals surface area contributed by atoms with Gasteiger partial charge in [-0.25, -0.2) is 0 Å². The summed E-state index contributed by atoms with van der Waals surface area (Å²) in [6.45, 7) is 0. The molecule has 1 aromatic rings. The van der Waals surface area contributed by atoms with Crippen molar-refractivity contribution in [3.63, 3.8) is 0 Å². The Morgan fingerprint density at radius 3 is 2.85 bits per heavy atom. The molecule has 66 valence electrons. The van der Waals surface area contributed by atoms with Crippen LogP contribution in [-0.4, -0.2) is 18.6 Å². The van der Waals surface area contributed by atoms with E-state index in [2.05, 4.69) is 9.99 Å². The topological polar surface area (TPSA) is 38.7 Å². The van der Waals surface area contributed by atoms with Crippen LogP contribution < -0.4 is 0 Å². The molecule has 0 spiro atoms. The van der Waals surface area contributed by atoms with Crippen molar-refractivity contribution in [3.05, 3.63) is 35.4 Å². The van der Waals surface area contributed by atoms with E-state index in [0.717, 1.165) is 11.1 Å². The van der Waals surface area contributed by atoms with E-state index in [1.807, 2.05) is 24.3 Å². The minimum atomic E-state index is -0.0162. The standard InChI is InChI=1S/C10H9NO2/c1-13-11-9-6-7-4-2-3-5-8(7)10(9)12/h2-5H,6H2,1H3/b11-9-. The number of carbonyl (C=O) groups excluding carboxylic acids is 1. The van der Waals surface area contributed by atoms with Crippen LogP contribution in [0.2, 0.25) is 0 Å². The third kappa shape index (κ3) is 1.22. The van der Waals surface area contributed by atoms with Crippen LogP contribution in [0.5, 0.6) is 0 Å². The number of benzene rings is 1. The lowest BCUT2D eigenvalue weighted by Crippen LogP contribution is -2.07. The van der Waals surface area contributed by atoms with Gasteiger partial charge in [-0.05, 0) is 5.56 Å². The first-order chi connectivity index (χ1) is 6.33. The van der Waals surface area contributed by atoms with Crippen LogP contribution in [0.3, 0.4) is 0 Å². The van der Waals surface area contributed by atoms with Crippen LogP contribution in [-0.2, 0) is 11.3 Å². The van der Waals surface area contributed by atoms with Crippen molar-refractivity contribution in [1.82, 2.24) is 0 Å². The molecule has 0 fully saturated rings. The van der Waals surface area contributed by atoms with E-state index in [1.165, 1.54) is 7.11 Å². The van der Waals surface area contributed by atoms with E-state index in [9.17, 15) is 4.79 Å². The molecule has 1 aliphatic carbocycles. The van der Waals surface area contributed by atoms with Gasteiger partial charge in [0.15, 0.2) is 0 Å². The zero-order valence-corrected chi connectivity index (χ0v) is 7.28. The molecule has 0 heterocycles. The van der Waals surface area contributed by atoms with E-state index in [-0.39, 0.29) is 5.78 Å². The lowest BCUT2D eigenvalue weighted by atomic mass is 10.1.